The fourth-order valence-electron chi connectivity index (χ4n) is 2.64. The number of hydrogen-bond donors (Lipinski definition) is 5. The highest BCUT2D eigenvalue weighted by Gasteiger charge is 2.52. The van der Waals surface area contributed by atoms with Gasteiger partial charge in [-0.3, -0.25) is 20.0 Å². The molecule has 0 aliphatic carbocycles. The molecule has 2 rings (SSSR count). The van der Waals surface area contributed by atoms with Crippen LogP contribution in [0.1, 0.15) is 20.3 Å². The van der Waals surface area contributed by atoms with Gasteiger partial charge in [0.1, 0.15) is 44.4 Å². The molecule has 11 nitrogen and oxygen atoms in total. The van der Waals surface area contributed by atoms with Gasteiger partial charge in [-0.2, -0.15) is 4.98 Å². The Morgan fingerprint density at radius 1 is 1.59 bits per heavy atom. The van der Waals surface area contributed by atoms with Crippen LogP contribution in [0.3, 0.4) is 0 Å². The fraction of sp³-hybridized carbons (Fsp3) is 0.667. The SMILES string of the molecule is [B][C@@]1(n2ccc(NO)nc2=O)O[C@H](COC(=O)C(N)[C@H](C)CC)[C@@H](O)[C@H]1O. The van der Waals surface area contributed by atoms with Crippen molar-refractivity contribution < 1.29 is 29.7 Å². The first-order valence-electron chi connectivity index (χ1n) is 8.41. The third-order valence-corrected chi connectivity index (χ3v) is 4.68. The molecule has 6 atom stereocenters. The molecule has 0 amide bonds. The highest BCUT2D eigenvalue weighted by molar-refractivity contribution is 6.13. The molecule has 148 valence electrons. The van der Waals surface area contributed by atoms with Gasteiger partial charge < -0.3 is 25.4 Å². The number of ether oxygens (including phenoxy) is 2. The summed E-state index contributed by atoms with van der Waals surface area (Å²) in [5.74, 6) is -0.923. The number of esters is 1. The van der Waals surface area contributed by atoms with E-state index in [1.807, 2.05) is 6.92 Å². The second-order valence-corrected chi connectivity index (χ2v) is 6.46. The number of carbonyl (C=O) groups excluding carboxylic acids is 1. The van der Waals surface area contributed by atoms with E-state index in [4.69, 9.17) is 28.3 Å². The Labute approximate surface area is 156 Å². The summed E-state index contributed by atoms with van der Waals surface area (Å²) >= 11 is 0. The maximum atomic E-state index is 12.1. The summed E-state index contributed by atoms with van der Waals surface area (Å²) in [5, 5.41) is 29.2. The second-order valence-electron chi connectivity index (χ2n) is 6.46. The van der Waals surface area contributed by atoms with Crippen molar-refractivity contribution in [2.24, 2.45) is 11.7 Å². The van der Waals surface area contributed by atoms with Gasteiger partial charge in [-0.05, 0) is 12.0 Å². The van der Waals surface area contributed by atoms with Crippen molar-refractivity contribution in [3.05, 3.63) is 22.7 Å². The van der Waals surface area contributed by atoms with Crippen molar-refractivity contribution in [2.45, 2.75) is 50.2 Å². The minimum absolute atomic E-state index is 0.102. The van der Waals surface area contributed by atoms with Gasteiger partial charge in [0.2, 0.25) is 0 Å². The van der Waals surface area contributed by atoms with Gasteiger partial charge in [0.15, 0.2) is 5.82 Å². The number of nitrogens with two attached hydrogens (primary N) is 1. The first-order valence-corrected chi connectivity index (χ1v) is 8.41. The topological polar surface area (TPSA) is 169 Å². The summed E-state index contributed by atoms with van der Waals surface area (Å²) in [7, 11) is 5.98. The smallest absolute Gasteiger partial charge is 0.351 e. The summed E-state index contributed by atoms with van der Waals surface area (Å²) in [5.41, 5.74) is 4.38. The average Bonchev–Trinajstić information content (AvgIpc) is 2.88. The zero-order valence-electron chi connectivity index (χ0n) is 15.0. The van der Waals surface area contributed by atoms with E-state index < -0.39 is 48.2 Å². The molecule has 1 aromatic heterocycles. The third-order valence-electron chi connectivity index (χ3n) is 4.68. The maximum Gasteiger partial charge on any atom is 0.351 e. The molecule has 1 saturated heterocycles. The van der Waals surface area contributed by atoms with Crippen molar-refractivity contribution in [1.29, 1.82) is 0 Å². The van der Waals surface area contributed by atoms with E-state index in [0.717, 1.165) is 10.8 Å². The molecule has 12 heteroatoms. The Morgan fingerprint density at radius 2 is 2.26 bits per heavy atom. The summed E-state index contributed by atoms with van der Waals surface area (Å²) < 4.78 is 11.3. The van der Waals surface area contributed by atoms with Crippen LogP contribution in [0.5, 0.6) is 0 Å². The van der Waals surface area contributed by atoms with Crippen molar-refractivity contribution in [2.75, 3.05) is 12.1 Å². The van der Waals surface area contributed by atoms with Gasteiger partial charge in [-0.15, -0.1) is 0 Å². The van der Waals surface area contributed by atoms with Crippen molar-refractivity contribution >= 4 is 19.6 Å². The van der Waals surface area contributed by atoms with Crippen LogP contribution in [0.25, 0.3) is 0 Å². The molecular formula is C15H23BN4O7. The van der Waals surface area contributed by atoms with Crippen LogP contribution in [0.4, 0.5) is 5.82 Å². The van der Waals surface area contributed by atoms with E-state index in [9.17, 15) is 19.8 Å². The molecule has 1 aliphatic heterocycles. The third kappa shape index (κ3) is 4.14. The lowest BCUT2D eigenvalue weighted by Crippen LogP contribution is -2.51. The van der Waals surface area contributed by atoms with Gasteiger partial charge in [0.25, 0.3) is 0 Å². The van der Waals surface area contributed by atoms with Gasteiger partial charge in [0, 0.05) is 6.20 Å². The molecule has 0 aromatic carbocycles. The molecule has 2 heterocycles. The van der Waals surface area contributed by atoms with Crippen LogP contribution in [-0.4, -0.2) is 69.7 Å². The minimum atomic E-state index is -2.15. The number of aliphatic hydroxyl groups is 2. The predicted molar refractivity (Wildman–Crippen MR) is 92.9 cm³/mol. The summed E-state index contributed by atoms with van der Waals surface area (Å²) in [6, 6.07) is 0.364. The van der Waals surface area contributed by atoms with E-state index in [2.05, 4.69) is 4.98 Å². The molecule has 1 aromatic rings. The standard InChI is InChI=1S/C15H23BN4O7/c1-3-7(2)10(17)13(23)26-6-8-11(21)12(22)15(16,27-8)20-5-4-9(19-25)18-14(20)24/h4-5,7-8,10-12,21-22,25H,3,6,17H2,1-2H3,(H,18,19,24)/t7-,8-,10?,11-,12-,15+/m1/s1. The average molecular weight is 382 g/mol. The maximum absolute atomic E-state index is 12.1. The molecule has 2 radical (unpaired) electrons. The summed E-state index contributed by atoms with van der Waals surface area (Å²) in [6.07, 6.45) is -2.64. The molecule has 0 saturated carbocycles. The number of nitrogens with one attached hydrogen (secondary N) is 1. The number of nitrogens with zero attached hydrogens (tertiary/aromatic N) is 2. The Kier molecular flexibility index (Phi) is 6.60. The largest absolute Gasteiger partial charge is 0.462 e. The number of hydrogen-bond acceptors (Lipinski definition) is 10. The van der Waals surface area contributed by atoms with E-state index in [0.29, 0.717) is 6.42 Å². The van der Waals surface area contributed by atoms with E-state index in [1.54, 1.807) is 12.4 Å². The quantitative estimate of drug-likeness (QED) is 0.199. The summed E-state index contributed by atoms with van der Waals surface area (Å²) in [4.78, 5) is 27.5. The van der Waals surface area contributed by atoms with Crippen LogP contribution >= 0.6 is 0 Å². The highest BCUT2D eigenvalue weighted by atomic mass is 16.6. The van der Waals surface area contributed by atoms with Crippen LogP contribution in [-0.2, 0) is 19.9 Å². The Bertz CT molecular complexity index is 732. The van der Waals surface area contributed by atoms with Gasteiger partial charge in [-0.25, -0.2) is 4.79 Å². The Balaban J connectivity index is 2.13. The lowest BCUT2D eigenvalue weighted by Gasteiger charge is -2.30. The molecule has 1 fully saturated rings. The van der Waals surface area contributed by atoms with E-state index in [-0.39, 0.29) is 11.7 Å². The van der Waals surface area contributed by atoms with Gasteiger partial charge >= 0.3 is 11.7 Å². The first kappa shape index (κ1) is 21.3. The van der Waals surface area contributed by atoms with Crippen LogP contribution in [0.2, 0.25) is 0 Å². The molecule has 6 N–H and O–H groups in total. The minimum Gasteiger partial charge on any atom is -0.462 e. The predicted octanol–water partition coefficient (Wildman–Crippen LogP) is -2.14. The molecular weight excluding hydrogens is 359 g/mol. The molecule has 27 heavy (non-hydrogen) atoms. The molecule has 0 bridgehead atoms. The van der Waals surface area contributed by atoms with Crippen molar-refractivity contribution in [3.63, 3.8) is 0 Å². The normalized spacial score (nSPS) is 29.9. The zero-order chi connectivity index (χ0) is 20.4. The lowest BCUT2D eigenvalue weighted by atomic mass is 9.84. The van der Waals surface area contributed by atoms with Crippen molar-refractivity contribution in [1.82, 2.24) is 9.55 Å². The fourth-order valence-corrected chi connectivity index (χ4v) is 2.64. The van der Waals surface area contributed by atoms with Crippen LogP contribution in [0.15, 0.2) is 17.1 Å². The first-order chi connectivity index (χ1) is 12.7. The van der Waals surface area contributed by atoms with Crippen LogP contribution in [0, 0.1) is 5.92 Å². The second kappa shape index (κ2) is 8.36. The van der Waals surface area contributed by atoms with E-state index in [1.165, 1.54) is 6.07 Å². The number of aromatic nitrogens is 2. The highest BCUT2D eigenvalue weighted by Crippen LogP contribution is 2.32. The molecule has 1 aliphatic rings. The molecule has 1 unspecified atom stereocenters. The van der Waals surface area contributed by atoms with Gasteiger partial charge in [0.05, 0.1) is 0 Å². The number of anilines is 1. The summed E-state index contributed by atoms with van der Waals surface area (Å²) in [6.45, 7) is 3.26. The number of carbonyl (C=O) groups is 1. The van der Waals surface area contributed by atoms with Crippen molar-refractivity contribution in [3.8, 4) is 0 Å². The Hall–Kier alpha value is -1.99. The van der Waals surface area contributed by atoms with Gasteiger partial charge in [-0.1, -0.05) is 20.3 Å². The Morgan fingerprint density at radius 3 is 2.81 bits per heavy atom. The monoisotopic (exact) mass is 382 g/mol. The zero-order valence-corrected chi connectivity index (χ0v) is 15.0. The molecule has 0 spiro atoms. The number of aliphatic hydroxyl groups excluding tert-OH is 2. The number of rotatable bonds is 7. The van der Waals surface area contributed by atoms with E-state index >= 15 is 0 Å². The lowest BCUT2D eigenvalue weighted by molar-refractivity contribution is -0.154. The van der Waals surface area contributed by atoms with Crippen LogP contribution < -0.4 is 16.9 Å².